The van der Waals surface area contributed by atoms with Gasteiger partial charge in [0, 0.05) is 38.4 Å². The quantitative estimate of drug-likeness (QED) is 0.494. The van der Waals surface area contributed by atoms with Crippen molar-refractivity contribution in [3.8, 4) is 0 Å². The Morgan fingerprint density at radius 1 is 1.21 bits per heavy atom. The standard InChI is InChI=1S/C10H20ClN3/c1-10(11)6-7-13(4)14(5)9-8-12(2)3/h6-7H,1,8-9H2,2-5H3/b7-6-. The molecule has 0 radical (unpaired) electrons. The summed E-state index contributed by atoms with van der Waals surface area (Å²) in [5.74, 6) is 0. The number of halogens is 1. The molecule has 0 saturated heterocycles. The van der Waals surface area contributed by atoms with Crippen LogP contribution in [0.5, 0.6) is 0 Å². The first-order valence-corrected chi connectivity index (χ1v) is 4.92. The molecule has 0 aromatic rings. The van der Waals surface area contributed by atoms with Crippen LogP contribution in [0.2, 0.25) is 0 Å². The van der Waals surface area contributed by atoms with Crippen molar-refractivity contribution < 1.29 is 0 Å². The van der Waals surface area contributed by atoms with E-state index in [0.717, 1.165) is 13.1 Å². The Balaban J connectivity index is 3.86. The Labute approximate surface area is 92.2 Å². The normalized spacial score (nSPS) is 11.6. The molecule has 0 amide bonds. The Morgan fingerprint density at radius 2 is 1.79 bits per heavy atom. The molecule has 0 fully saturated rings. The summed E-state index contributed by atoms with van der Waals surface area (Å²) in [5.41, 5.74) is 0. The Morgan fingerprint density at radius 3 is 2.21 bits per heavy atom. The van der Waals surface area contributed by atoms with Gasteiger partial charge in [-0.3, -0.25) is 0 Å². The van der Waals surface area contributed by atoms with Crippen LogP contribution in [0.1, 0.15) is 0 Å². The highest BCUT2D eigenvalue weighted by molar-refractivity contribution is 6.30. The maximum atomic E-state index is 5.62. The highest BCUT2D eigenvalue weighted by Crippen LogP contribution is 2.00. The zero-order chi connectivity index (χ0) is 11.1. The summed E-state index contributed by atoms with van der Waals surface area (Å²) in [6.07, 6.45) is 3.67. The average molecular weight is 218 g/mol. The van der Waals surface area contributed by atoms with Gasteiger partial charge in [-0.05, 0) is 20.2 Å². The van der Waals surface area contributed by atoms with E-state index < -0.39 is 0 Å². The third-order valence-corrected chi connectivity index (χ3v) is 2.01. The van der Waals surface area contributed by atoms with Crippen LogP contribution in [0.25, 0.3) is 0 Å². The second-order valence-corrected chi connectivity index (χ2v) is 4.01. The lowest BCUT2D eigenvalue weighted by molar-refractivity contribution is 0.0723. The summed E-state index contributed by atoms with van der Waals surface area (Å²) in [6.45, 7) is 5.58. The van der Waals surface area contributed by atoms with E-state index in [1.165, 1.54) is 0 Å². The van der Waals surface area contributed by atoms with Gasteiger partial charge in [0.15, 0.2) is 0 Å². The van der Waals surface area contributed by atoms with E-state index in [-0.39, 0.29) is 0 Å². The van der Waals surface area contributed by atoms with Crippen molar-refractivity contribution in [2.24, 2.45) is 0 Å². The van der Waals surface area contributed by atoms with E-state index in [1.54, 1.807) is 6.08 Å². The molecule has 3 nitrogen and oxygen atoms in total. The number of nitrogens with zero attached hydrogens (tertiary/aromatic N) is 3. The van der Waals surface area contributed by atoms with Gasteiger partial charge in [-0.15, -0.1) is 0 Å². The smallest absolute Gasteiger partial charge is 0.0349 e. The second kappa shape index (κ2) is 6.87. The molecule has 0 aliphatic rings. The summed E-state index contributed by atoms with van der Waals surface area (Å²) >= 11 is 5.62. The molecule has 0 saturated carbocycles. The van der Waals surface area contributed by atoms with Gasteiger partial charge in [0.05, 0.1) is 0 Å². The highest BCUT2D eigenvalue weighted by atomic mass is 35.5. The van der Waals surface area contributed by atoms with Gasteiger partial charge in [0.1, 0.15) is 0 Å². The fraction of sp³-hybridized carbons (Fsp3) is 0.600. The molecule has 0 spiro atoms. The number of hydrogen-bond acceptors (Lipinski definition) is 3. The second-order valence-electron chi connectivity index (χ2n) is 3.52. The van der Waals surface area contributed by atoms with Crippen LogP contribution >= 0.6 is 11.6 Å². The molecular weight excluding hydrogens is 198 g/mol. The van der Waals surface area contributed by atoms with E-state index >= 15 is 0 Å². The van der Waals surface area contributed by atoms with Gasteiger partial charge in [0.2, 0.25) is 0 Å². The lowest BCUT2D eigenvalue weighted by Crippen LogP contribution is -2.37. The molecule has 0 atom stereocenters. The number of hydrazine groups is 1. The molecule has 0 aromatic carbocycles. The molecule has 4 heteroatoms. The molecule has 0 heterocycles. The molecule has 0 aliphatic carbocycles. The molecule has 0 N–H and O–H groups in total. The third-order valence-electron chi connectivity index (χ3n) is 1.88. The lowest BCUT2D eigenvalue weighted by atomic mass is 10.5. The van der Waals surface area contributed by atoms with Crippen molar-refractivity contribution in [2.45, 2.75) is 0 Å². The van der Waals surface area contributed by atoms with Gasteiger partial charge in [-0.25, -0.2) is 5.01 Å². The van der Waals surface area contributed by atoms with E-state index in [0.29, 0.717) is 5.03 Å². The summed E-state index contributed by atoms with van der Waals surface area (Å²) in [4.78, 5) is 2.15. The first kappa shape index (κ1) is 13.5. The molecule has 82 valence electrons. The monoisotopic (exact) mass is 217 g/mol. The largest absolute Gasteiger partial charge is 0.316 e. The molecule has 0 aliphatic heterocycles. The molecule has 14 heavy (non-hydrogen) atoms. The maximum Gasteiger partial charge on any atom is 0.0349 e. The van der Waals surface area contributed by atoms with Crippen LogP contribution in [-0.4, -0.2) is 56.2 Å². The van der Waals surface area contributed by atoms with Crippen LogP contribution in [-0.2, 0) is 0 Å². The predicted octanol–water partition coefficient (Wildman–Crippen LogP) is 1.59. The molecular formula is C10H20ClN3. The summed E-state index contributed by atoms with van der Waals surface area (Å²) < 4.78 is 0. The SMILES string of the molecule is C=C(Cl)/C=C\N(C)N(C)CCN(C)C. The average Bonchev–Trinajstić information content (AvgIpc) is 2.09. The molecule has 0 unspecified atom stereocenters. The van der Waals surface area contributed by atoms with Crippen LogP contribution in [0.3, 0.4) is 0 Å². The number of rotatable bonds is 6. The van der Waals surface area contributed by atoms with Crippen molar-refractivity contribution >= 4 is 11.6 Å². The van der Waals surface area contributed by atoms with Gasteiger partial charge in [-0.1, -0.05) is 18.2 Å². The van der Waals surface area contributed by atoms with E-state index in [1.807, 2.05) is 25.3 Å². The van der Waals surface area contributed by atoms with Crippen molar-refractivity contribution in [1.29, 1.82) is 0 Å². The van der Waals surface area contributed by atoms with E-state index in [2.05, 4.69) is 30.6 Å². The fourth-order valence-electron chi connectivity index (χ4n) is 0.805. The summed E-state index contributed by atoms with van der Waals surface area (Å²) in [7, 11) is 8.13. The first-order chi connectivity index (χ1) is 6.43. The zero-order valence-corrected chi connectivity index (χ0v) is 10.3. The molecule has 0 bridgehead atoms. The molecule has 0 aromatic heterocycles. The van der Waals surface area contributed by atoms with Gasteiger partial charge in [-0.2, -0.15) is 0 Å². The topological polar surface area (TPSA) is 9.72 Å². The van der Waals surface area contributed by atoms with Gasteiger partial charge >= 0.3 is 0 Å². The lowest BCUT2D eigenvalue weighted by Gasteiger charge is -2.27. The fourth-order valence-corrected chi connectivity index (χ4v) is 0.861. The van der Waals surface area contributed by atoms with E-state index in [9.17, 15) is 0 Å². The number of allylic oxidation sites excluding steroid dienone is 2. The summed E-state index contributed by atoms with van der Waals surface area (Å²) in [5, 5.41) is 4.63. The van der Waals surface area contributed by atoms with Crippen LogP contribution in [0.15, 0.2) is 23.9 Å². The van der Waals surface area contributed by atoms with Crippen molar-refractivity contribution in [3.63, 3.8) is 0 Å². The van der Waals surface area contributed by atoms with Crippen LogP contribution in [0, 0.1) is 0 Å². The van der Waals surface area contributed by atoms with Crippen molar-refractivity contribution in [1.82, 2.24) is 14.9 Å². The highest BCUT2D eigenvalue weighted by Gasteiger charge is 2.01. The minimum atomic E-state index is 0.540. The Hall–Kier alpha value is -0.510. The summed E-state index contributed by atoms with van der Waals surface area (Å²) in [6, 6.07) is 0. The minimum Gasteiger partial charge on any atom is -0.316 e. The van der Waals surface area contributed by atoms with Crippen molar-refractivity contribution in [2.75, 3.05) is 41.3 Å². The third kappa shape index (κ3) is 6.95. The van der Waals surface area contributed by atoms with Crippen LogP contribution in [0.4, 0.5) is 0 Å². The maximum absolute atomic E-state index is 5.62. The number of hydrogen-bond donors (Lipinski definition) is 0. The minimum absolute atomic E-state index is 0.540. The molecule has 0 rings (SSSR count). The Kier molecular flexibility index (Phi) is 6.62. The predicted molar refractivity (Wildman–Crippen MR) is 63.1 cm³/mol. The Bertz CT molecular complexity index is 202. The first-order valence-electron chi connectivity index (χ1n) is 4.54. The van der Waals surface area contributed by atoms with Gasteiger partial charge < -0.3 is 9.91 Å². The number of likely N-dealkylation sites (N-methyl/N-ethyl adjacent to an activating group) is 2. The van der Waals surface area contributed by atoms with Crippen molar-refractivity contribution in [3.05, 3.63) is 23.9 Å². The van der Waals surface area contributed by atoms with E-state index in [4.69, 9.17) is 11.6 Å². The van der Waals surface area contributed by atoms with Gasteiger partial charge in [0.25, 0.3) is 0 Å². The van der Waals surface area contributed by atoms with Crippen LogP contribution < -0.4 is 0 Å². The zero-order valence-electron chi connectivity index (χ0n) is 9.50.